The molecular weight excluding hydrogens is 238 g/mol. The van der Waals surface area contributed by atoms with Crippen LogP contribution in [0.25, 0.3) is 0 Å². The van der Waals surface area contributed by atoms with E-state index in [4.69, 9.17) is 5.11 Å². The minimum atomic E-state index is 0.291. The molecule has 2 N–H and O–H groups in total. The molecule has 1 aromatic rings. The van der Waals surface area contributed by atoms with Crippen LogP contribution in [-0.4, -0.2) is 28.0 Å². The molecule has 0 radical (unpaired) electrons. The molecule has 1 aromatic heterocycles. The zero-order valence-corrected chi connectivity index (χ0v) is 12.6. The average molecular weight is 267 g/mol. The number of nitrogens with one attached hydrogen (secondary N) is 1. The molecule has 0 aliphatic carbocycles. The molecular formula is C15H29N3O. The monoisotopic (exact) mass is 267 g/mol. The van der Waals surface area contributed by atoms with Crippen molar-refractivity contribution in [2.75, 3.05) is 13.2 Å². The van der Waals surface area contributed by atoms with Crippen molar-refractivity contribution in [2.24, 2.45) is 5.92 Å². The predicted molar refractivity (Wildman–Crippen MR) is 79.0 cm³/mol. The summed E-state index contributed by atoms with van der Waals surface area (Å²) in [5, 5.41) is 17.0. The van der Waals surface area contributed by atoms with E-state index in [0.29, 0.717) is 18.6 Å². The molecule has 0 aliphatic heterocycles. The van der Waals surface area contributed by atoms with Gasteiger partial charge in [0.1, 0.15) is 0 Å². The summed E-state index contributed by atoms with van der Waals surface area (Å²) >= 11 is 0. The van der Waals surface area contributed by atoms with Gasteiger partial charge in [-0.15, -0.1) is 0 Å². The van der Waals surface area contributed by atoms with E-state index in [-0.39, 0.29) is 0 Å². The molecule has 1 heterocycles. The van der Waals surface area contributed by atoms with Crippen molar-refractivity contribution in [3.63, 3.8) is 0 Å². The Morgan fingerprint density at radius 2 is 2.11 bits per heavy atom. The lowest BCUT2D eigenvalue weighted by atomic mass is 10.1. The molecule has 110 valence electrons. The van der Waals surface area contributed by atoms with Gasteiger partial charge in [0, 0.05) is 19.3 Å². The highest BCUT2D eigenvalue weighted by Crippen LogP contribution is 2.14. The first-order valence-electron chi connectivity index (χ1n) is 7.56. The van der Waals surface area contributed by atoms with E-state index in [1.807, 2.05) is 0 Å². The van der Waals surface area contributed by atoms with E-state index in [2.05, 4.69) is 48.1 Å². The number of nitrogens with zero attached hydrogens (tertiary/aromatic N) is 2. The van der Waals surface area contributed by atoms with Crippen molar-refractivity contribution in [1.29, 1.82) is 0 Å². The molecule has 0 spiro atoms. The highest BCUT2D eigenvalue weighted by Gasteiger charge is 2.07. The maximum atomic E-state index is 8.94. The highest BCUT2D eigenvalue weighted by atomic mass is 16.3. The van der Waals surface area contributed by atoms with Crippen LogP contribution in [-0.2, 0) is 6.54 Å². The fraction of sp³-hybridized carbons (Fsp3) is 0.800. The van der Waals surface area contributed by atoms with Gasteiger partial charge in [-0.05, 0) is 44.2 Å². The maximum Gasteiger partial charge on any atom is 0.0762 e. The topological polar surface area (TPSA) is 50.1 Å². The highest BCUT2D eigenvalue weighted by molar-refractivity contribution is 4.99. The smallest absolute Gasteiger partial charge is 0.0762 e. The summed E-state index contributed by atoms with van der Waals surface area (Å²) in [6.45, 7) is 8.60. The van der Waals surface area contributed by atoms with Crippen molar-refractivity contribution in [2.45, 2.75) is 59.0 Å². The van der Waals surface area contributed by atoms with E-state index < -0.39 is 0 Å². The summed E-state index contributed by atoms with van der Waals surface area (Å²) in [7, 11) is 0. The van der Waals surface area contributed by atoms with Crippen LogP contribution in [0, 0.1) is 5.92 Å². The van der Waals surface area contributed by atoms with Crippen molar-refractivity contribution in [3.05, 3.63) is 18.0 Å². The Kier molecular flexibility index (Phi) is 7.75. The molecule has 0 amide bonds. The maximum absolute atomic E-state index is 8.94. The Labute approximate surface area is 117 Å². The zero-order chi connectivity index (χ0) is 14.1. The Balaban J connectivity index is 2.23. The average Bonchev–Trinajstić information content (AvgIpc) is 2.88. The van der Waals surface area contributed by atoms with Crippen LogP contribution in [0.3, 0.4) is 0 Å². The minimum Gasteiger partial charge on any atom is -0.396 e. The second-order valence-corrected chi connectivity index (χ2v) is 5.36. The van der Waals surface area contributed by atoms with Crippen LogP contribution in [0.5, 0.6) is 0 Å². The van der Waals surface area contributed by atoms with Gasteiger partial charge in [0.2, 0.25) is 0 Å². The number of hydrogen-bond acceptors (Lipinski definition) is 3. The van der Waals surface area contributed by atoms with Crippen molar-refractivity contribution >= 4 is 0 Å². The fourth-order valence-electron chi connectivity index (χ4n) is 2.22. The molecule has 1 unspecified atom stereocenters. The summed E-state index contributed by atoms with van der Waals surface area (Å²) in [4.78, 5) is 0. The van der Waals surface area contributed by atoms with E-state index in [0.717, 1.165) is 44.5 Å². The third kappa shape index (κ3) is 5.74. The van der Waals surface area contributed by atoms with Gasteiger partial charge in [0.25, 0.3) is 0 Å². The van der Waals surface area contributed by atoms with Crippen LogP contribution < -0.4 is 5.32 Å². The van der Waals surface area contributed by atoms with E-state index in [1.165, 1.54) is 0 Å². The molecule has 0 fully saturated rings. The third-order valence-corrected chi connectivity index (χ3v) is 3.65. The first-order chi connectivity index (χ1) is 9.21. The molecule has 0 aliphatic rings. The molecule has 4 heteroatoms. The normalized spacial score (nSPS) is 13.1. The van der Waals surface area contributed by atoms with Gasteiger partial charge in [-0.1, -0.05) is 20.8 Å². The van der Waals surface area contributed by atoms with Crippen molar-refractivity contribution in [1.82, 2.24) is 15.1 Å². The van der Waals surface area contributed by atoms with Gasteiger partial charge < -0.3 is 10.4 Å². The van der Waals surface area contributed by atoms with Crippen LogP contribution in [0.2, 0.25) is 0 Å². The summed E-state index contributed by atoms with van der Waals surface area (Å²) in [5.74, 6) is 0.413. The number of aliphatic hydroxyl groups excluding tert-OH is 1. The molecule has 0 saturated heterocycles. The zero-order valence-electron chi connectivity index (χ0n) is 12.6. The third-order valence-electron chi connectivity index (χ3n) is 3.65. The second kappa shape index (κ2) is 9.10. The fourth-order valence-corrected chi connectivity index (χ4v) is 2.22. The molecule has 1 atom stereocenters. The second-order valence-electron chi connectivity index (χ2n) is 5.36. The van der Waals surface area contributed by atoms with E-state index in [1.54, 1.807) is 0 Å². The molecule has 19 heavy (non-hydrogen) atoms. The van der Waals surface area contributed by atoms with Gasteiger partial charge in [-0.2, -0.15) is 5.10 Å². The predicted octanol–water partition coefficient (Wildman–Crippen LogP) is 2.74. The summed E-state index contributed by atoms with van der Waals surface area (Å²) < 4.78 is 2.09. The van der Waals surface area contributed by atoms with Gasteiger partial charge in [-0.3, -0.25) is 4.68 Å². The van der Waals surface area contributed by atoms with Crippen LogP contribution in [0.15, 0.2) is 12.3 Å². The number of hydrogen-bond donors (Lipinski definition) is 2. The van der Waals surface area contributed by atoms with Crippen LogP contribution in [0.1, 0.15) is 58.2 Å². The number of aliphatic hydroxyl groups is 1. The standard InChI is InChI=1S/C15H29N3O/c1-4-15(5-2)18-10-8-14(17-18)11-16-9-6-7-13(3)12-19/h8,10,13,15-16,19H,4-7,9,11-12H2,1-3H3. The summed E-state index contributed by atoms with van der Waals surface area (Å²) in [5.41, 5.74) is 1.11. The lowest BCUT2D eigenvalue weighted by molar-refractivity contribution is 0.228. The van der Waals surface area contributed by atoms with Crippen molar-refractivity contribution in [3.8, 4) is 0 Å². The molecule has 0 saturated carbocycles. The van der Waals surface area contributed by atoms with Crippen molar-refractivity contribution < 1.29 is 5.11 Å². The Hall–Kier alpha value is -0.870. The first-order valence-corrected chi connectivity index (χ1v) is 7.56. The van der Waals surface area contributed by atoms with Gasteiger partial charge in [0.05, 0.1) is 11.7 Å². The molecule has 1 rings (SSSR count). The van der Waals surface area contributed by atoms with Crippen LogP contribution >= 0.6 is 0 Å². The number of rotatable bonds is 10. The van der Waals surface area contributed by atoms with Gasteiger partial charge in [0.15, 0.2) is 0 Å². The van der Waals surface area contributed by atoms with Gasteiger partial charge >= 0.3 is 0 Å². The summed E-state index contributed by atoms with van der Waals surface area (Å²) in [6.07, 6.45) is 6.53. The first kappa shape index (κ1) is 16.2. The Morgan fingerprint density at radius 3 is 2.74 bits per heavy atom. The Bertz CT molecular complexity index is 334. The largest absolute Gasteiger partial charge is 0.396 e. The summed E-state index contributed by atoms with van der Waals surface area (Å²) in [6, 6.07) is 2.63. The minimum absolute atomic E-state index is 0.291. The lowest BCUT2D eigenvalue weighted by Crippen LogP contribution is -2.17. The molecule has 4 nitrogen and oxygen atoms in total. The lowest BCUT2D eigenvalue weighted by Gasteiger charge is -2.12. The van der Waals surface area contributed by atoms with E-state index in [9.17, 15) is 0 Å². The van der Waals surface area contributed by atoms with Crippen LogP contribution in [0.4, 0.5) is 0 Å². The Morgan fingerprint density at radius 1 is 1.37 bits per heavy atom. The number of aromatic nitrogens is 2. The quantitative estimate of drug-likeness (QED) is 0.641. The van der Waals surface area contributed by atoms with Gasteiger partial charge in [-0.25, -0.2) is 0 Å². The SMILES string of the molecule is CCC(CC)n1ccc(CNCCCC(C)CO)n1. The molecule has 0 bridgehead atoms. The van der Waals surface area contributed by atoms with E-state index >= 15 is 0 Å². The molecule has 0 aromatic carbocycles.